The number of ether oxygens (including phenoxy) is 1. The van der Waals surface area contributed by atoms with Crippen molar-refractivity contribution in [3.63, 3.8) is 0 Å². The van der Waals surface area contributed by atoms with E-state index in [9.17, 15) is 9.59 Å². The summed E-state index contributed by atoms with van der Waals surface area (Å²) in [5.41, 5.74) is 0. The summed E-state index contributed by atoms with van der Waals surface area (Å²) in [6, 6.07) is 0. The number of hydrogen-bond donors (Lipinski definition) is 1. The third-order valence-electron chi connectivity index (χ3n) is 2.72. The van der Waals surface area contributed by atoms with Gasteiger partial charge in [0.25, 0.3) is 0 Å². The van der Waals surface area contributed by atoms with Crippen LogP contribution in [-0.2, 0) is 14.3 Å². The van der Waals surface area contributed by atoms with Gasteiger partial charge in [0.1, 0.15) is 0 Å². The first-order valence-corrected chi connectivity index (χ1v) is 6.72. The van der Waals surface area contributed by atoms with Gasteiger partial charge in [-0.25, -0.2) is 0 Å². The van der Waals surface area contributed by atoms with Crippen LogP contribution in [0.25, 0.3) is 0 Å². The second-order valence-corrected chi connectivity index (χ2v) is 4.20. The van der Waals surface area contributed by atoms with Gasteiger partial charge in [0.05, 0.1) is 13.2 Å². The number of esters is 1. The van der Waals surface area contributed by atoms with Crippen molar-refractivity contribution in [2.45, 2.75) is 39.5 Å². The molecule has 0 bridgehead atoms. The molecule has 0 aromatic heterocycles. The van der Waals surface area contributed by atoms with Crippen LogP contribution in [0.15, 0.2) is 0 Å². The third kappa shape index (κ3) is 8.98. The molecular weight excluding hydrogens is 232 g/mol. The Bertz CT molecular complexity index is 244. The Morgan fingerprint density at radius 2 is 1.89 bits per heavy atom. The number of unbranched alkanes of at least 4 members (excludes halogenated alkanes) is 2. The van der Waals surface area contributed by atoms with Crippen molar-refractivity contribution in [3.05, 3.63) is 0 Å². The summed E-state index contributed by atoms with van der Waals surface area (Å²) in [5, 5.41) is 3.11. The average molecular weight is 258 g/mol. The molecular formula is C13H26N2O3. The van der Waals surface area contributed by atoms with E-state index >= 15 is 0 Å². The highest BCUT2D eigenvalue weighted by Gasteiger charge is 2.05. The van der Waals surface area contributed by atoms with Gasteiger partial charge >= 0.3 is 5.97 Å². The minimum Gasteiger partial charge on any atom is -0.466 e. The van der Waals surface area contributed by atoms with E-state index in [4.69, 9.17) is 4.74 Å². The average Bonchev–Trinajstić information content (AvgIpc) is 2.36. The zero-order valence-electron chi connectivity index (χ0n) is 11.8. The number of nitrogens with zero attached hydrogens (tertiary/aromatic N) is 1. The van der Waals surface area contributed by atoms with Crippen molar-refractivity contribution in [1.82, 2.24) is 10.2 Å². The van der Waals surface area contributed by atoms with Gasteiger partial charge in [-0.15, -0.1) is 0 Å². The molecule has 0 atom stereocenters. The Balaban J connectivity index is 3.31. The first-order chi connectivity index (χ1) is 8.61. The molecule has 18 heavy (non-hydrogen) atoms. The van der Waals surface area contributed by atoms with Crippen LogP contribution >= 0.6 is 0 Å². The van der Waals surface area contributed by atoms with Crippen LogP contribution in [0.2, 0.25) is 0 Å². The third-order valence-corrected chi connectivity index (χ3v) is 2.72. The Morgan fingerprint density at radius 1 is 1.17 bits per heavy atom. The van der Waals surface area contributed by atoms with Crippen molar-refractivity contribution in [2.75, 3.05) is 33.3 Å². The van der Waals surface area contributed by atoms with Gasteiger partial charge in [-0.1, -0.05) is 6.42 Å². The van der Waals surface area contributed by atoms with Crippen LogP contribution in [0.4, 0.5) is 0 Å². The summed E-state index contributed by atoms with van der Waals surface area (Å²) >= 11 is 0. The number of rotatable bonds is 10. The summed E-state index contributed by atoms with van der Waals surface area (Å²) in [6.45, 7) is 6.15. The van der Waals surface area contributed by atoms with Crippen LogP contribution in [0.5, 0.6) is 0 Å². The Labute approximate surface area is 110 Å². The number of likely N-dealkylation sites (N-methyl/N-ethyl adjacent to an activating group) is 1. The SMILES string of the molecule is CCOC(=O)CCCCCNCC(=O)N(C)CC. The molecule has 0 radical (unpaired) electrons. The van der Waals surface area contributed by atoms with Crippen molar-refractivity contribution >= 4 is 11.9 Å². The zero-order valence-corrected chi connectivity index (χ0v) is 11.8. The number of hydrogen-bond acceptors (Lipinski definition) is 4. The van der Waals surface area contributed by atoms with E-state index in [-0.39, 0.29) is 11.9 Å². The van der Waals surface area contributed by atoms with Crippen LogP contribution in [0.1, 0.15) is 39.5 Å². The lowest BCUT2D eigenvalue weighted by Gasteiger charge is -2.14. The molecule has 0 aromatic carbocycles. The lowest BCUT2D eigenvalue weighted by atomic mass is 10.2. The first-order valence-electron chi connectivity index (χ1n) is 6.72. The Hall–Kier alpha value is -1.10. The molecule has 0 spiro atoms. The molecule has 0 saturated carbocycles. The minimum atomic E-state index is -0.120. The fourth-order valence-corrected chi connectivity index (χ4v) is 1.44. The Morgan fingerprint density at radius 3 is 2.50 bits per heavy atom. The van der Waals surface area contributed by atoms with Crippen LogP contribution in [-0.4, -0.2) is 50.1 Å². The van der Waals surface area contributed by atoms with Gasteiger partial charge in [0.2, 0.25) is 5.91 Å². The molecule has 0 saturated heterocycles. The highest BCUT2D eigenvalue weighted by Crippen LogP contribution is 2.00. The molecule has 0 aliphatic heterocycles. The molecule has 0 unspecified atom stereocenters. The topological polar surface area (TPSA) is 58.6 Å². The van der Waals surface area contributed by atoms with E-state index < -0.39 is 0 Å². The van der Waals surface area contributed by atoms with Crippen molar-refractivity contribution in [2.24, 2.45) is 0 Å². The number of carbonyl (C=O) groups is 2. The normalized spacial score (nSPS) is 10.2. The van der Waals surface area contributed by atoms with E-state index in [0.717, 1.165) is 32.4 Å². The Kier molecular flexibility index (Phi) is 10.3. The molecule has 1 N–H and O–H groups in total. The maximum absolute atomic E-state index is 11.4. The monoisotopic (exact) mass is 258 g/mol. The maximum Gasteiger partial charge on any atom is 0.305 e. The van der Waals surface area contributed by atoms with Gasteiger partial charge in [-0.05, 0) is 33.2 Å². The van der Waals surface area contributed by atoms with Crippen molar-refractivity contribution < 1.29 is 14.3 Å². The van der Waals surface area contributed by atoms with Gasteiger partial charge in [-0.2, -0.15) is 0 Å². The summed E-state index contributed by atoms with van der Waals surface area (Å²) in [6.07, 6.45) is 3.29. The van der Waals surface area contributed by atoms with Crippen LogP contribution in [0.3, 0.4) is 0 Å². The molecule has 1 amide bonds. The molecule has 0 aliphatic rings. The first kappa shape index (κ1) is 16.9. The van der Waals surface area contributed by atoms with E-state index in [1.54, 1.807) is 11.9 Å². The molecule has 0 fully saturated rings. The van der Waals surface area contributed by atoms with Crippen molar-refractivity contribution in [3.8, 4) is 0 Å². The van der Waals surface area contributed by atoms with E-state index in [0.29, 0.717) is 19.6 Å². The molecule has 5 heteroatoms. The summed E-state index contributed by atoms with van der Waals surface area (Å²) in [4.78, 5) is 24.2. The summed E-state index contributed by atoms with van der Waals surface area (Å²) in [7, 11) is 1.79. The number of nitrogens with one attached hydrogen (secondary N) is 1. The highest BCUT2D eigenvalue weighted by atomic mass is 16.5. The summed E-state index contributed by atoms with van der Waals surface area (Å²) < 4.78 is 4.84. The zero-order chi connectivity index (χ0) is 13.8. The molecule has 0 heterocycles. The smallest absolute Gasteiger partial charge is 0.305 e. The molecule has 106 valence electrons. The number of carbonyl (C=O) groups excluding carboxylic acids is 2. The molecule has 0 rings (SSSR count). The molecule has 5 nitrogen and oxygen atoms in total. The van der Waals surface area contributed by atoms with E-state index in [1.165, 1.54) is 0 Å². The van der Waals surface area contributed by atoms with Gasteiger partial charge < -0.3 is 15.0 Å². The predicted molar refractivity (Wildman–Crippen MR) is 71.3 cm³/mol. The fourth-order valence-electron chi connectivity index (χ4n) is 1.44. The summed E-state index contributed by atoms with van der Waals surface area (Å²) in [5.74, 6) is -0.00534. The molecule has 0 aromatic rings. The van der Waals surface area contributed by atoms with Gasteiger partial charge in [0.15, 0.2) is 0 Å². The predicted octanol–water partition coefficient (Wildman–Crippen LogP) is 1.18. The number of amides is 1. The van der Waals surface area contributed by atoms with E-state index in [2.05, 4.69) is 5.32 Å². The van der Waals surface area contributed by atoms with Crippen LogP contribution < -0.4 is 5.32 Å². The largest absolute Gasteiger partial charge is 0.466 e. The van der Waals surface area contributed by atoms with Gasteiger partial charge in [0, 0.05) is 20.0 Å². The standard InChI is InChI=1S/C13H26N2O3/c1-4-15(3)12(16)11-14-10-8-6-7-9-13(17)18-5-2/h14H,4-11H2,1-3H3. The second kappa shape index (κ2) is 11.0. The van der Waals surface area contributed by atoms with E-state index in [1.807, 2.05) is 13.8 Å². The maximum atomic E-state index is 11.4. The minimum absolute atomic E-state index is 0.115. The quantitative estimate of drug-likeness (QED) is 0.472. The van der Waals surface area contributed by atoms with Crippen LogP contribution in [0, 0.1) is 0 Å². The van der Waals surface area contributed by atoms with Crippen molar-refractivity contribution in [1.29, 1.82) is 0 Å². The lowest BCUT2D eigenvalue weighted by molar-refractivity contribution is -0.143. The fraction of sp³-hybridized carbons (Fsp3) is 0.846. The lowest BCUT2D eigenvalue weighted by Crippen LogP contribution is -2.35. The second-order valence-electron chi connectivity index (χ2n) is 4.20. The highest BCUT2D eigenvalue weighted by molar-refractivity contribution is 5.77. The van der Waals surface area contributed by atoms with Gasteiger partial charge in [-0.3, -0.25) is 9.59 Å². The molecule has 0 aliphatic carbocycles.